The second kappa shape index (κ2) is 11.9. The summed E-state index contributed by atoms with van der Waals surface area (Å²) in [5.41, 5.74) is 3.98. The molecule has 26 heavy (non-hydrogen) atoms. The number of aliphatic hydroxyl groups excluding tert-OH is 1. The zero-order valence-corrected chi connectivity index (χ0v) is 16.9. The van der Waals surface area contributed by atoms with E-state index in [0.29, 0.717) is 13.2 Å². The quantitative estimate of drug-likeness (QED) is 0.545. The van der Waals surface area contributed by atoms with Crippen LogP contribution in [0.2, 0.25) is 0 Å². The largest absolute Gasteiger partial charge is 1.00 e. The van der Waals surface area contributed by atoms with Crippen LogP contribution >= 0.6 is 0 Å². The van der Waals surface area contributed by atoms with Gasteiger partial charge in [0.15, 0.2) is 0 Å². The monoisotopic (exact) mass is 377 g/mol. The van der Waals surface area contributed by atoms with Gasteiger partial charge in [-0.3, -0.25) is 0 Å². The predicted molar refractivity (Wildman–Crippen MR) is 103 cm³/mol. The molecule has 0 spiro atoms. The van der Waals surface area contributed by atoms with Crippen LogP contribution in [0.3, 0.4) is 0 Å². The maximum absolute atomic E-state index is 9.99. The molecule has 0 saturated carbocycles. The average Bonchev–Trinajstić information content (AvgIpc) is 2.57. The van der Waals surface area contributed by atoms with E-state index in [1.54, 1.807) is 0 Å². The molecule has 3 nitrogen and oxygen atoms in total. The van der Waals surface area contributed by atoms with E-state index in [-0.39, 0.29) is 12.4 Å². The highest BCUT2D eigenvalue weighted by Crippen LogP contribution is 2.21. The topological polar surface area (TPSA) is 33.9 Å². The molecule has 0 saturated heterocycles. The molecule has 0 radical (unpaired) electrons. The normalized spacial score (nSPS) is 11.9. The highest BCUT2D eigenvalue weighted by atomic mass is 35.5. The second-order valence-corrected chi connectivity index (χ2v) is 7.18. The molecular formula is C22H32ClNO2. The molecular weight excluding hydrogens is 346 g/mol. The van der Waals surface area contributed by atoms with Crippen molar-refractivity contribution in [2.45, 2.75) is 38.7 Å². The Morgan fingerprint density at radius 2 is 1.73 bits per heavy atom. The number of halogens is 1. The Balaban J connectivity index is 0.00000338. The lowest BCUT2D eigenvalue weighted by Crippen LogP contribution is -3.07. The number of aryl methyl sites for hydroxylation is 3. The van der Waals surface area contributed by atoms with Gasteiger partial charge in [0.25, 0.3) is 0 Å². The van der Waals surface area contributed by atoms with Crippen LogP contribution in [0.4, 0.5) is 0 Å². The molecule has 2 rings (SSSR count). The smallest absolute Gasteiger partial charge is 0.137 e. The number of nitrogens with one attached hydrogen (secondary N) is 1. The van der Waals surface area contributed by atoms with Crippen molar-refractivity contribution in [3.63, 3.8) is 0 Å². The molecule has 2 aromatic carbocycles. The molecule has 0 amide bonds. The van der Waals surface area contributed by atoms with E-state index in [1.165, 1.54) is 28.0 Å². The van der Waals surface area contributed by atoms with Crippen molar-refractivity contribution in [2.75, 3.05) is 27.2 Å². The summed E-state index contributed by atoms with van der Waals surface area (Å²) in [6, 6.07) is 16.9. The summed E-state index contributed by atoms with van der Waals surface area (Å²) >= 11 is 0. The van der Waals surface area contributed by atoms with E-state index in [1.807, 2.05) is 26.2 Å². The van der Waals surface area contributed by atoms with Gasteiger partial charge in [-0.15, -0.1) is 0 Å². The third-order valence-electron chi connectivity index (χ3n) is 4.29. The Morgan fingerprint density at radius 1 is 1.00 bits per heavy atom. The van der Waals surface area contributed by atoms with Crippen LogP contribution in [0.1, 0.15) is 29.5 Å². The fourth-order valence-electron chi connectivity index (χ4n) is 3.08. The van der Waals surface area contributed by atoms with Gasteiger partial charge in [0.1, 0.15) is 25.0 Å². The van der Waals surface area contributed by atoms with Crippen molar-refractivity contribution >= 4 is 0 Å². The van der Waals surface area contributed by atoms with Gasteiger partial charge in [0.2, 0.25) is 0 Å². The van der Waals surface area contributed by atoms with Gasteiger partial charge in [-0.2, -0.15) is 0 Å². The second-order valence-electron chi connectivity index (χ2n) is 7.18. The summed E-state index contributed by atoms with van der Waals surface area (Å²) in [7, 11) is 4.07. The lowest BCUT2D eigenvalue weighted by Gasteiger charge is -2.16. The third kappa shape index (κ3) is 8.22. The van der Waals surface area contributed by atoms with E-state index in [0.717, 1.165) is 25.0 Å². The van der Waals surface area contributed by atoms with Crippen molar-refractivity contribution in [1.82, 2.24) is 0 Å². The van der Waals surface area contributed by atoms with Gasteiger partial charge in [-0.1, -0.05) is 48.0 Å². The van der Waals surface area contributed by atoms with Crippen LogP contribution in [0.15, 0.2) is 48.5 Å². The molecule has 2 N–H and O–H groups in total. The minimum absolute atomic E-state index is 0. The van der Waals surface area contributed by atoms with Gasteiger partial charge < -0.3 is 27.2 Å². The number of likely N-dealkylation sites (N-methyl/N-ethyl adjacent to an activating group) is 1. The summed E-state index contributed by atoms with van der Waals surface area (Å²) in [6.45, 7) is 3.19. The van der Waals surface area contributed by atoms with Gasteiger partial charge in [0.05, 0.1) is 14.1 Å². The molecule has 0 aliphatic carbocycles. The predicted octanol–water partition coefficient (Wildman–Crippen LogP) is -0.551. The first-order chi connectivity index (χ1) is 12.0. The van der Waals surface area contributed by atoms with Crippen LogP contribution in [-0.4, -0.2) is 38.5 Å². The van der Waals surface area contributed by atoms with Gasteiger partial charge in [-0.05, 0) is 49.8 Å². The van der Waals surface area contributed by atoms with E-state index in [2.05, 4.69) is 43.3 Å². The maximum Gasteiger partial charge on any atom is 0.137 e. The Hall–Kier alpha value is -1.55. The highest BCUT2D eigenvalue weighted by molar-refractivity contribution is 5.33. The number of benzene rings is 2. The number of rotatable bonds is 10. The summed E-state index contributed by atoms with van der Waals surface area (Å²) in [4.78, 5) is 1.22. The van der Waals surface area contributed by atoms with Crippen molar-refractivity contribution in [1.29, 1.82) is 0 Å². The van der Waals surface area contributed by atoms with Crippen molar-refractivity contribution < 1.29 is 27.2 Å². The number of ether oxygens (including phenoxy) is 1. The molecule has 2 aromatic rings. The van der Waals surface area contributed by atoms with Crippen LogP contribution in [0.5, 0.6) is 5.75 Å². The third-order valence-corrected chi connectivity index (χ3v) is 4.29. The summed E-state index contributed by atoms with van der Waals surface area (Å²) in [5.74, 6) is 0.908. The number of aliphatic hydroxyl groups is 1. The van der Waals surface area contributed by atoms with Gasteiger partial charge >= 0.3 is 0 Å². The number of quaternary nitrogens is 1. The minimum Gasteiger partial charge on any atom is -1.00 e. The molecule has 1 unspecified atom stereocenters. The van der Waals surface area contributed by atoms with E-state index in [4.69, 9.17) is 4.74 Å². The first kappa shape index (κ1) is 22.5. The first-order valence-corrected chi connectivity index (χ1v) is 9.28. The Labute approximate surface area is 164 Å². The molecule has 0 aliphatic heterocycles. The van der Waals surface area contributed by atoms with Crippen molar-refractivity contribution in [3.05, 3.63) is 65.2 Å². The SMILES string of the molecule is Cc1cccc(CCCCc2ccccc2OCC(O)C[NH+](C)C)c1.[Cl-]. The van der Waals surface area contributed by atoms with E-state index >= 15 is 0 Å². The zero-order valence-electron chi connectivity index (χ0n) is 16.2. The molecule has 4 heteroatoms. The van der Waals surface area contributed by atoms with Gasteiger partial charge in [-0.25, -0.2) is 0 Å². The number of unbranched alkanes of at least 4 members (excludes halogenated alkanes) is 1. The van der Waals surface area contributed by atoms with Gasteiger partial charge in [0, 0.05) is 0 Å². The van der Waals surface area contributed by atoms with Crippen molar-refractivity contribution in [3.8, 4) is 5.75 Å². The summed E-state index contributed by atoms with van der Waals surface area (Å²) < 4.78 is 5.87. The Morgan fingerprint density at radius 3 is 2.46 bits per heavy atom. The molecule has 0 fully saturated rings. The van der Waals surface area contributed by atoms with Crippen LogP contribution in [0.25, 0.3) is 0 Å². The minimum atomic E-state index is -0.431. The molecule has 0 aromatic heterocycles. The van der Waals surface area contributed by atoms with E-state index < -0.39 is 6.10 Å². The Kier molecular flexibility index (Phi) is 10.3. The number of hydrogen-bond donors (Lipinski definition) is 2. The summed E-state index contributed by atoms with van der Waals surface area (Å²) in [6.07, 6.45) is 4.01. The number of para-hydroxylation sites is 1. The van der Waals surface area contributed by atoms with Crippen LogP contribution in [0, 0.1) is 6.92 Å². The Bertz CT molecular complexity index is 646. The maximum atomic E-state index is 9.99. The van der Waals surface area contributed by atoms with Crippen LogP contribution < -0.4 is 22.0 Å². The lowest BCUT2D eigenvalue weighted by molar-refractivity contribution is -0.861. The zero-order chi connectivity index (χ0) is 18.1. The average molecular weight is 378 g/mol. The molecule has 0 bridgehead atoms. The highest BCUT2D eigenvalue weighted by Gasteiger charge is 2.10. The lowest BCUT2D eigenvalue weighted by atomic mass is 10.0. The molecule has 0 heterocycles. The number of hydrogen-bond acceptors (Lipinski definition) is 2. The standard InChI is InChI=1S/C22H31NO2.ClH/c1-18-9-8-11-19(15-18)10-4-5-12-20-13-6-7-14-22(20)25-17-21(24)16-23(2)3;/h6-9,11,13-15,21,24H,4-5,10,12,16-17H2,1-3H3;1H. The van der Waals surface area contributed by atoms with Crippen LogP contribution in [-0.2, 0) is 12.8 Å². The molecule has 144 valence electrons. The van der Waals surface area contributed by atoms with E-state index in [9.17, 15) is 5.11 Å². The van der Waals surface area contributed by atoms with Crippen molar-refractivity contribution in [2.24, 2.45) is 0 Å². The summed E-state index contributed by atoms with van der Waals surface area (Å²) in [5, 5.41) is 9.99. The fourth-order valence-corrected chi connectivity index (χ4v) is 3.08. The first-order valence-electron chi connectivity index (χ1n) is 9.28. The fraction of sp³-hybridized carbons (Fsp3) is 0.455. The molecule has 1 atom stereocenters. The molecule has 0 aliphatic rings.